The minimum absolute atomic E-state index is 0.106. The number of amides is 1. The van der Waals surface area contributed by atoms with Gasteiger partial charge in [-0.15, -0.1) is 0 Å². The van der Waals surface area contributed by atoms with Gasteiger partial charge < -0.3 is 20.9 Å². The largest absolute Gasteiger partial charge is 0.467 e. The number of carbonyl (C=O) groups is 2. The van der Waals surface area contributed by atoms with Crippen molar-refractivity contribution in [3.05, 3.63) is 0 Å². The number of rotatable bonds is 4. The van der Waals surface area contributed by atoms with Crippen molar-refractivity contribution in [3.8, 4) is 0 Å². The summed E-state index contributed by atoms with van der Waals surface area (Å²) in [7, 11) is 1.20. The van der Waals surface area contributed by atoms with Crippen molar-refractivity contribution in [3.63, 3.8) is 0 Å². The van der Waals surface area contributed by atoms with Crippen molar-refractivity contribution < 1.29 is 19.4 Å². The molecular formula is C14H26N2O4. The summed E-state index contributed by atoms with van der Waals surface area (Å²) < 4.78 is 4.41. The zero-order valence-electron chi connectivity index (χ0n) is 12.7. The Morgan fingerprint density at radius 2 is 2.05 bits per heavy atom. The van der Waals surface area contributed by atoms with E-state index in [0.717, 1.165) is 12.8 Å². The number of esters is 1. The topological polar surface area (TPSA) is 102 Å². The molecule has 0 aromatic carbocycles. The van der Waals surface area contributed by atoms with Crippen molar-refractivity contribution in [2.24, 2.45) is 23.0 Å². The molecule has 0 bridgehead atoms. The third-order valence-electron chi connectivity index (χ3n) is 4.76. The summed E-state index contributed by atoms with van der Waals surface area (Å²) in [6.45, 7) is 6.02. The smallest absolute Gasteiger partial charge is 0.336 e. The molecule has 0 spiro atoms. The molecule has 0 aromatic heterocycles. The Balaban J connectivity index is 2.61. The van der Waals surface area contributed by atoms with Gasteiger partial charge in [-0.1, -0.05) is 20.8 Å². The number of aliphatic hydroxyl groups excluding tert-OH is 1. The highest BCUT2D eigenvalue weighted by atomic mass is 16.5. The molecule has 1 aliphatic carbocycles. The predicted octanol–water partition coefficient (Wildman–Crippen LogP) is 0.0361. The van der Waals surface area contributed by atoms with Crippen molar-refractivity contribution in [2.75, 3.05) is 13.7 Å². The summed E-state index contributed by atoms with van der Waals surface area (Å²) in [5.74, 6) is -0.819. The van der Waals surface area contributed by atoms with Crippen LogP contribution in [0.5, 0.6) is 0 Å². The standard InChI is InChI=1S/C14H26N2O4/c1-8-10(15)6-5-9(14(8,2)3)12(18)16-7-11(17)13(19)20-4/h8-11,17H,5-7,15H2,1-4H3,(H,16,18). The van der Waals surface area contributed by atoms with Crippen molar-refractivity contribution in [1.82, 2.24) is 5.32 Å². The monoisotopic (exact) mass is 286 g/mol. The number of aliphatic hydroxyl groups is 1. The second-order valence-electron chi connectivity index (χ2n) is 6.19. The van der Waals surface area contributed by atoms with Gasteiger partial charge in [0.05, 0.1) is 13.7 Å². The lowest BCUT2D eigenvalue weighted by Crippen LogP contribution is -2.52. The van der Waals surface area contributed by atoms with Gasteiger partial charge in [0.2, 0.25) is 5.91 Å². The van der Waals surface area contributed by atoms with Crippen LogP contribution in [0.1, 0.15) is 33.6 Å². The van der Waals surface area contributed by atoms with Crippen LogP contribution in [0, 0.1) is 17.3 Å². The summed E-state index contributed by atoms with van der Waals surface area (Å²) in [5.41, 5.74) is 5.85. The van der Waals surface area contributed by atoms with Gasteiger partial charge in [-0.25, -0.2) is 4.79 Å². The fourth-order valence-corrected chi connectivity index (χ4v) is 2.86. The van der Waals surface area contributed by atoms with E-state index in [-0.39, 0.29) is 35.7 Å². The lowest BCUT2D eigenvalue weighted by atomic mass is 9.61. The lowest BCUT2D eigenvalue weighted by molar-refractivity contribution is -0.150. The van der Waals surface area contributed by atoms with Gasteiger partial charge in [-0.05, 0) is 24.2 Å². The van der Waals surface area contributed by atoms with Crippen LogP contribution in [-0.4, -0.2) is 42.8 Å². The summed E-state index contributed by atoms with van der Waals surface area (Å²) in [4.78, 5) is 23.3. The number of ether oxygens (including phenoxy) is 1. The molecule has 0 aromatic rings. The molecule has 4 atom stereocenters. The van der Waals surface area contributed by atoms with Crippen LogP contribution in [0.4, 0.5) is 0 Å². The number of nitrogens with two attached hydrogens (primary N) is 1. The molecule has 116 valence electrons. The Morgan fingerprint density at radius 3 is 2.60 bits per heavy atom. The van der Waals surface area contributed by atoms with Gasteiger partial charge in [0.15, 0.2) is 6.10 Å². The van der Waals surface area contributed by atoms with E-state index in [9.17, 15) is 14.7 Å². The second kappa shape index (κ2) is 6.54. The third kappa shape index (κ3) is 3.49. The Labute approximate surface area is 120 Å². The summed E-state index contributed by atoms with van der Waals surface area (Å²) in [5, 5.41) is 12.1. The minimum atomic E-state index is -1.32. The molecule has 0 saturated heterocycles. The quantitative estimate of drug-likeness (QED) is 0.633. The Bertz CT molecular complexity index is 370. The molecular weight excluding hydrogens is 260 g/mol. The van der Waals surface area contributed by atoms with E-state index < -0.39 is 12.1 Å². The molecule has 1 rings (SSSR count). The predicted molar refractivity (Wildman–Crippen MR) is 74.7 cm³/mol. The summed E-state index contributed by atoms with van der Waals surface area (Å²) in [6, 6.07) is 0.106. The average Bonchev–Trinajstić information content (AvgIpc) is 2.41. The van der Waals surface area contributed by atoms with Crippen LogP contribution < -0.4 is 11.1 Å². The third-order valence-corrected chi connectivity index (χ3v) is 4.76. The number of nitrogens with one attached hydrogen (secondary N) is 1. The van der Waals surface area contributed by atoms with E-state index in [0.29, 0.717) is 0 Å². The molecule has 1 saturated carbocycles. The molecule has 6 nitrogen and oxygen atoms in total. The molecule has 1 fully saturated rings. The maximum absolute atomic E-state index is 12.3. The van der Waals surface area contributed by atoms with Crippen molar-refractivity contribution in [2.45, 2.75) is 45.8 Å². The van der Waals surface area contributed by atoms with Crippen LogP contribution in [0.2, 0.25) is 0 Å². The van der Waals surface area contributed by atoms with Gasteiger partial charge in [0.1, 0.15) is 0 Å². The van der Waals surface area contributed by atoms with Crippen LogP contribution in [0.15, 0.2) is 0 Å². The fourth-order valence-electron chi connectivity index (χ4n) is 2.86. The number of hydrogen-bond acceptors (Lipinski definition) is 5. The van der Waals surface area contributed by atoms with E-state index in [1.807, 2.05) is 13.8 Å². The first-order valence-corrected chi connectivity index (χ1v) is 7.01. The van der Waals surface area contributed by atoms with Gasteiger partial charge in [0.25, 0.3) is 0 Å². The molecule has 1 aliphatic rings. The van der Waals surface area contributed by atoms with E-state index in [2.05, 4.69) is 17.0 Å². The first-order chi connectivity index (χ1) is 9.21. The molecule has 4 unspecified atom stereocenters. The highest BCUT2D eigenvalue weighted by Crippen LogP contribution is 2.44. The van der Waals surface area contributed by atoms with E-state index >= 15 is 0 Å². The minimum Gasteiger partial charge on any atom is -0.467 e. The number of hydrogen-bond donors (Lipinski definition) is 3. The highest BCUT2D eigenvalue weighted by molar-refractivity contribution is 5.81. The highest BCUT2D eigenvalue weighted by Gasteiger charge is 2.45. The average molecular weight is 286 g/mol. The van der Waals surface area contributed by atoms with Gasteiger partial charge in [-0.2, -0.15) is 0 Å². The molecule has 0 aliphatic heterocycles. The fraction of sp³-hybridized carbons (Fsp3) is 0.857. The Kier molecular flexibility index (Phi) is 5.53. The number of methoxy groups -OCH3 is 1. The molecule has 0 radical (unpaired) electrons. The van der Waals surface area contributed by atoms with Crippen molar-refractivity contribution >= 4 is 11.9 Å². The lowest BCUT2D eigenvalue weighted by Gasteiger charge is -2.46. The summed E-state index contributed by atoms with van der Waals surface area (Å²) >= 11 is 0. The maximum atomic E-state index is 12.3. The van der Waals surface area contributed by atoms with Crippen LogP contribution in [-0.2, 0) is 14.3 Å². The molecule has 4 N–H and O–H groups in total. The normalized spacial score (nSPS) is 30.4. The Hall–Kier alpha value is -1.14. The van der Waals surface area contributed by atoms with Gasteiger partial charge in [0, 0.05) is 12.0 Å². The first kappa shape index (κ1) is 16.9. The van der Waals surface area contributed by atoms with E-state index in [1.54, 1.807) is 0 Å². The zero-order valence-corrected chi connectivity index (χ0v) is 12.7. The van der Waals surface area contributed by atoms with Crippen LogP contribution >= 0.6 is 0 Å². The Morgan fingerprint density at radius 1 is 1.45 bits per heavy atom. The van der Waals surface area contributed by atoms with E-state index in [1.165, 1.54) is 7.11 Å². The molecule has 1 amide bonds. The van der Waals surface area contributed by atoms with Gasteiger partial charge >= 0.3 is 5.97 Å². The molecule has 20 heavy (non-hydrogen) atoms. The second-order valence-corrected chi connectivity index (χ2v) is 6.19. The van der Waals surface area contributed by atoms with Crippen molar-refractivity contribution in [1.29, 1.82) is 0 Å². The number of carbonyl (C=O) groups excluding carboxylic acids is 2. The zero-order chi connectivity index (χ0) is 15.5. The van der Waals surface area contributed by atoms with Gasteiger partial charge in [-0.3, -0.25) is 4.79 Å². The summed E-state index contributed by atoms with van der Waals surface area (Å²) in [6.07, 6.45) is 0.205. The van der Waals surface area contributed by atoms with Crippen LogP contribution in [0.3, 0.4) is 0 Å². The van der Waals surface area contributed by atoms with E-state index in [4.69, 9.17) is 5.73 Å². The maximum Gasteiger partial charge on any atom is 0.336 e. The molecule has 6 heteroatoms. The first-order valence-electron chi connectivity index (χ1n) is 7.01. The SMILES string of the molecule is COC(=O)C(O)CNC(=O)C1CCC(N)C(C)C1(C)C. The van der Waals surface area contributed by atoms with Crippen LogP contribution in [0.25, 0.3) is 0 Å². The molecule has 0 heterocycles.